The lowest BCUT2D eigenvalue weighted by atomic mass is 10.1. The summed E-state index contributed by atoms with van der Waals surface area (Å²) in [5, 5.41) is 0.741. The number of halogens is 1. The van der Waals surface area contributed by atoms with E-state index in [4.69, 9.17) is 22.3 Å². The summed E-state index contributed by atoms with van der Waals surface area (Å²) in [4.78, 5) is 4.76. The van der Waals surface area contributed by atoms with Crippen LogP contribution in [-0.4, -0.2) is 9.55 Å². The number of nitrogens with zero attached hydrogens (tertiary/aromatic N) is 2. The molecule has 3 nitrogen and oxygen atoms in total. The molecule has 0 saturated carbocycles. The summed E-state index contributed by atoms with van der Waals surface area (Å²) in [7, 11) is 0. The molecule has 0 amide bonds. The second kappa shape index (κ2) is 5.78. The smallest absolute Gasteiger partial charge is 0.114 e. The third-order valence-electron chi connectivity index (χ3n) is 3.64. The van der Waals surface area contributed by atoms with Crippen molar-refractivity contribution in [2.24, 2.45) is 0 Å². The van der Waals surface area contributed by atoms with Gasteiger partial charge in [0, 0.05) is 23.7 Å². The monoisotopic (exact) mass is 299 g/mol. The van der Waals surface area contributed by atoms with Gasteiger partial charge in [-0.2, -0.15) is 0 Å². The molecular formula is C17H18ClN3. The zero-order valence-corrected chi connectivity index (χ0v) is 12.8. The van der Waals surface area contributed by atoms with E-state index in [9.17, 15) is 0 Å². The minimum atomic E-state index is 0.735. The van der Waals surface area contributed by atoms with Crippen LogP contribution in [0.2, 0.25) is 5.02 Å². The van der Waals surface area contributed by atoms with Gasteiger partial charge < -0.3 is 10.3 Å². The normalized spacial score (nSPS) is 11.1. The zero-order valence-electron chi connectivity index (χ0n) is 12.0. The molecule has 0 aliphatic carbocycles. The Balaban J connectivity index is 2.09. The quantitative estimate of drug-likeness (QED) is 0.731. The Hall–Kier alpha value is -2.00. The van der Waals surface area contributed by atoms with E-state index in [0.717, 1.165) is 52.5 Å². The first-order valence-corrected chi connectivity index (χ1v) is 7.55. The number of aryl methyl sites for hydroxylation is 1. The van der Waals surface area contributed by atoms with Gasteiger partial charge in [-0.15, -0.1) is 0 Å². The predicted molar refractivity (Wildman–Crippen MR) is 88.7 cm³/mol. The zero-order chi connectivity index (χ0) is 14.8. The van der Waals surface area contributed by atoms with Gasteiger partial charge in [-0.1, -0.05) is 36.7 Å². The number of aromatic nitrogens is 2. The number of hydrogen-bond donors (Lipinski definition) is 1. The standard InChI is InChI=1S/C17H18ClN3/c1-2-9-21-16-11-13(18)7-8-15(16)20-17(21)10-12-5-3-4-6-14(12)19/h3-8,11H,2,9-10,19H2,1H3. The maximum Gasteiger partial charge on any atom is 0.114 e. The first-order valence-electron chi connectivity index (χ1n) is 7.17. The Labute approximate surface area is 129 Å². The van der Waals surface area contributed by atoms with E-state index < -0.39 is 0 Å². The molecule has 108 valence electrons. The van der Waals surface area contributed by atoms with Crippen molar-refractivity contribution in [3.05, 3.63) is 58.9 Å². The van der Waals surface area contributed by atoms with E-state index in [1.807, 2.05) is 36.4 Å². The Morgan fingerprint density at radius 3 is 2.76 bits per heavy atom. The number of imidazole rings is 1. The van der Waals surface area contributed by atoms with Crippen LogP contribution in [0.1, 0.15) is 24.7 Å². The molecule has 3 aromatic rings. The highest BCUT2D eigenvalue weighted by molar-refractivity contribution is 6.31. The topological polar surface area (TPSA) is 43.8 Å². The number of rotatable bonds is 4. The second-order valence-corrected chi connectivity index (χ2v) is 5.62. The highest BCUT2D eigenvalue weighted by Gasteiger charge is 2.12. The van der Waals surface area contributed by atoms with Crippen molar-refractivity contribution in [3.8, 4) is 0 Å². The van der Waals surface area contributed by atoms with Gasteiger partial charge in [0.1, 0.15) is 5.82 Å². The van der Waals surface area contributed by atoms with Crippen molar-refractivity contribution >= 4 is 28.3 Å². The van der Waals surface area contributed by atoms with Gasteiger partial charge in [-0.05, 0) is 36.2 Å². The Morgan fingerprint density at radius 1 is 1.19 bits per heavy atom. The molecule has 3 rings (SSSR count). The highest BCUT2D eigenvalue weighted by atomic mass is 35.5. The molecular weight excluding hydrogens is 282 g/mol. The fourth-order valence-electron chi connectivity index (χ4n) is 2.62. The lowest BCUT2D eigenvalue weighted by molar-refractivity contribution is 0.664. The van der Waals surface area contributed by atoms with Crippen molar-refractivity contribution in [2.75, 3.05) is 5.73 Å². The van der Waals surface area contributed by atoms with Crippen LogP contribution in [-0.2, 0) is 13.0 Å². The first kappa shape index (κ1) is 14.0. The van der Waals surface area contributed by atoms with Gasteiger partial charge in [0.15, 0.2) is 0 Å². The van der Waals surface area contributed by atoms with E-state index >= 15 is 0 Å². The molecule has 2 aromatic carbocycles. The largest absolute Gasteiger partial charge is 0.398 e. The Bertz CT molecular complexity index is 777. The van der Waals surface area contributed by atoms with Crippen LogP contribution >= 0.6 is 11.6 Å². The number of benzene rings is 2. The van der Waals surface area contributed by atoms with Crippen molar-refractivity contribution in [3.63, 3.8) is 0 Å². The van der Waals surface area contributed by atoms with Crippen LogP contribution in [0.15, 0.2) is 42.5 Å². The average Bonchev–Trinajstić information content (AvgIpc) is 2.79. The van der Waals surface area contributed by atoms with Gasteiger partial charge in [0.2, 0.25) is 0 Å². The maximum absolute atomic E-state index is 6.12. The van der Waals surface area contributed by atoms with E-state index in [0.29, 0.717) is 0 Å². The molecule has 0 fully saturated rings. The molecule has 21 heavy (non-hydrogen) atoms. The number of anilines is 1. The van der Waals surface area contributed by atoms with Gasteiger partial charge >= 0.3 is 0 Å². The van der Waals surface area contributed by atoms with Gasteiger partial charge in [0.25, 0.3) is 0 Å². The van der Waals surface area contributed by atoms with Crippen LogP contribution in [0.5, 0.6) is 0 Å². The van der Waals surface area contributed by atoms with Gasteiger partial charge in [-0.25, -0.2) is 4.98 Å². The number of nitrogens with two attached hydrogens (primary N) is 1. The molecule has 0 bridgehead atoms. The van der Waals surface area contributed by atoms with Crippen LogP contribution < -0.4 is 5.73 Å². The summed E-state index contributed by atoms with van der Waals surface area (Å²) >= 11 is 6.12. The molecule has 0 saturated heterocycles. The van der Waals surface area contributed by atoms with E-state index in [1.54, 1.807) is 0 Å². The van der Waals surface area contributed by atoms with Gasteiger partial charge in [0.05, 0.1) is 11.0 Å². The summed E-state index contributed by atoms with van der Waals surface area (Å²) < 4.78 is 2.24. The van der Waals surface area contributed by atoms with Crippen LogP contribution in [0.4, 0.5) is 5.69 Å². The number of para-hydroxylation sites is 1. The predicted octanol–water partition coefficient (Wildman–Crippen LogP) is 4.27. The summed E-state index contributed by atoms with van der Waals surface area (Å²) in [6.07, 6.45) is 1.79. The third kappa shape index (κ3) is 2.74. The lowest BCUT2D eigenvalue weighted by Crippen LogP contribution is -2.05. The highest BCUT2D eigenvalue weighted by Crippen LogP contribution is 2.24. The van der Waals surface area contributed by atoms with Crippen molar-refractivity contribution in [1.82, 2.24) is 9.55 Å². The second-order valence-electron chi connectivity index (χ2n) is 5.19. The van der Waals surface area contributed by atoms with Gasteiger partial charge in [-0.3, -0.25) is 0 Å². The van der Waals surface area contributed by atoms with Crippen LogP contribution in [0, 0.1) is 0 Å². The molecule has 1 aromatic heterocycles. The van der Waals surface area contributed by atoms with E-state index in [-0.39, 0.29) is 0 Å². The molecule has 0 spiro atoms. The molecule has 1 heterocycles. The molecule has 0 radical (unpaired) electrons. The summed E-state index contributed by atoms with van der Waals surface area (Å²) in [5.41, 5.74) is 10.0. The molecule has 0 unspecified atom stereocenters. The van der Waals surface area contributed by atoms with E-state index in [2.05, 4.69) is 17.6 Å². The molecule has 0 aliphatic rings. The fourth-order valence-corrected chi connectivity index (χ4v) is 2.79. The fraction of sp³-hybridized carbons (Fsp3) is 0.235. The number of nitrogen functional groups attached to an aromatic ring is 1. The Morgan fingerprint density at radius 2 is 2.00 bits per heavy atom. The lowest BCUT2D eigenvalue weighted by Gasteiger charge is -2.09. The number of fused-ring (bicyclic) bond motifs is 1. The van der Waals surface area contributed by atoms with Crippen molar-refractivity contribution < 1.29 is 0 Å². The molecule has 4 heteroatoms. The summed E-state index contributed by atoms with van der Waals surface area (Å²) in [6.45, 7) is 3.09. The Kier molecular flexibility index (Phi) is 3.84. The first-order chi connectivity index (χ1) is 10.2. The minimum Gasteiger partial charge on any atom is -0.398 e. The molecule has 2 N–H and O–H groups in total. The summed E-state index contributed by atoms with van der Waals surface area (Å²) in [5.74, 6) is 1.03. The maximum atomic E-state index is 6.12. The third-order valence-corrected chi connectivity index (χ3v) is 3.88. The van der Waals surface area contributed by atoms with Crippen LogP contribution in [0.3, 0.4) is 0 Å². The SMILES string of the molecule is CCCn1c(Cc2ccccc2N)nc2ccc(Cl)cc21. The molecule has 0 aliphatic heterocycles. The van der Waals surface area contributed by atoms with Crippen molar-refractivity contribution in [2.45, 2.75) is 26.3 Å². The number of hydrogen-bond acceptors (Lipinski definition) is 2. The summed E-state index contributed by atoms with van der Waals surface area (Å²) in [6, 6.07) is 13.8. The van der Waals surface area contributed by atoms with Crippen molar-refractivity contribution in [1.29, 1.82) is 0 Å². The van der Waals surface area contributed by atoms with Crippen LogP contribution in [0.25, 0.3) is 11.0 Å². The van der Waals surface area contributed by atoms with E-state index in [1.165, 1.54) is 0 Å². The molecule has 0 atom stereocenters. The average molecular weight is 300 g/mol. The minimum absolute atomic E-state index is 0.735.